The van der Waals surface area contributed by atoms with Crippen LogP contribution in [0.5, 0.6) is 0 Å². The molecule has 0 aliphatic heterocycles. The number of urea groups is 1. The van der Waals surface area contributed by atoms with E-state index in [2.05, 4.69) is 5.32 Å². The third-order valence-corrected chi connectivity index (χ3v) is 3.63. The SMILES string of the molecule is C[C@@H](O)[C@H](NC(=O)N(C)CC1CCCCC1)C(=O)O. The van der Waals surface area contributed by atoms with Gasteiger partial charge >= 0.3 is 12.0 Å². The number of carboxylic acid groups (broad SMARTS) is 1. The largest absolute Gasteiger partial charge is 0.480 e. The first-order chi connectivity index (χ1) is 8.91. The number of hydrogen-bond donors (Lipinski definition) is 3. The Balaban J connectivity index is 2.44. The Kier molecular flexibility index (Phi) is 6.08. The molecule has 1 saturated carbocycles. The summed E-state index contributed by atoms with van der Waals surface area (Å²) in [6.07, 6.45) is 4.78. The van der Waals surface area contributed by atoms with Gasteiger partial charge in [-0.3, -0.25) is 0 Å². The van der Waals surface area contributed by atoms with Crippen LogP contribution in [0.4, 0.5) is 4.79 Å². The van der Waals surface area contributed by atoms with E-state index in [1.165, 1.54) is 31.1 Å². The predicted molar refractivity (Wildman–Crippen MR) is 70.8 cm³/mol. The highest BCUT2D eigenvalue weighted by atomic mass is 16.4. The molecule has 2 amide bonds. The van der Waals surface area contributed by atoms with Crippen LogP contribution in [0.25, 0.3) is 0 Å². The van der Waals surface area contributed by atoms with Crippen molar-refractivity contribution in [2.24, 2.45) is 5.92 Å². The molecule has 0 radical (unpaired) electrons. The van der Waals surface area contributed by atoms with Crippen molar-refractivity contribution in [1.82, 2.24) is 10.2 Å². The molecule has 19 heavy (non-hydrogen) atoms. The summed E-state index contributed by atoms with van der Waals surface area (Å²) in [5, 5.41) is 20.6. The third kappa shape index (κ3) is 5.06. The molecule has 6 heteroatoms. The molecule has 1 aliphatic carbocycles. The molecule has 110 valence electrons. The summed E-state index contributed by atoms with van der Waals surface area (Å²) >= 11 is 0. The summed E-state index contributed by atoms with van der Waals surface area (Å²) < 4.78 is 0. The molecule has 0 unspecified atom stereocenters. The quantitative estimate of drug-likeness (QED) is 0.697. The van der Waals surface area contributed by atoms with Gasteiger partial charge in [-0.1, -0.05) is 19.3 Å². The summed E-state index contributed by atoms with van der Waals surface area (Å²) in [5.41, 5.74) is 0. The number of carbonyl (C=O) groups excluding carboxylic acids is 1. The molecule has 0 heterocycles. The number of amides is 2. The van der Waals surface area contributed by atoms with Crippen molar-refractivity contribution in [3.05, 3.63) is 0 Å². The molecule has 0 aromatic rings. The minimum Gasteiger partial charge on any atom is -0.480 e. The maximum Gasteiger partial charge on any atom is 0.328 e. The highest BCUT2D eigenvalue weighted by molar-refractivity contribution is 5.82. The van der Waals surface area contributed by atoms with E-state index in [1.807, 2.05) is 0 Å². The lowest BCUT2D eigenvalue weighted by atomic mass is 9.89. The zero-order valence-electron chi connectivity index (χ0n) is 11.6. The smallest absolute Gasteiger partial charge is 0.328 e. The van der Waals surface area contributed by atoms with Crippen molar-refractivity contribution in [3.63, 3.8) is 0 Å². The van der Waals surface area contributed by atoms with Crippen LogP contribution in [0.3, 0.4) is 0 Å². The normalized spacial score (nSPS) is 19.5. The minimum absolute atomic E-state index is 0.445. The van der Waals surface area contributed by atoms with E-state index in [4.69, 9.17) is 5.11 Å². The highest BCUT2D eigenvalue weighted by Gasteiger charge is 2.27. The van der Waals surface area contributed by atoms with Crippen LogP contribution in [-0.2, 0) is 4.79 Å². The van der Waals surface area contributed by atoms with E-state index in [-0.39, 0.29) is 0 Å². The molecular weight excluding hydrogens is 248 g/mol. The van der Waals surface area contributed by atoms with Crippen LogP contribution < -0.4 is 5.32 Å². The first-order valence-corrected chi connectivity index (χ1v) is 6.84. The minimum atomic E-state index is -1.26. The summed E-state index contributed by atoms with van der Waals surface area (Å²) in [5.74, 6) is -0.728. The second-order valence-electron chi connectivity index (χ2n) is 5.39. The Labute approximate surface area is 113 Å². The van der Waals surface area contributed by atoms with Crippen LogP contribution in [-0.4, -0.2) is 52.9 Å². The van der Waals surface area contributed by atoms with E-state index in [9.17, 15) is 14.7 Å². The average molecular weight is 272 g/mol. The zero-order valence-corrected chi connectivity index (χ0v) is 11.6. The fourth-order valence-corrected chi connectivity index (χ4v) is 2.47. The van der Waals surface area contributed by atoms with Crippen LogP contribution in [0, 0.1) is 5.92 Å². The Morgan fingerprint density at radius 3 is 2.37 bits per heavy atom. The number of nitrogens with one attached hydrogen (secondary N) is 1. The van der Waals surface area contributed by atoms with E-state index in [0.717, 1.165) is 12.8 Å². The van der Waals surface area contributed by atoms with E-state index in [0.29, 0.717) is 12.5 Å². The molecule has 1 aliphatic rings. The number of hydrogen-bond acceptors (Lipinski definition) is 3. The van der Waals surface area contributed by atoms with Crippen molar-refractivity contribution < 1.29 is 19.8 Å². The maximum absolute atomic E-state index is 11.9. The maximum atomic E-state index is 11.9. The van der Waals surface area contributed by atoms with E-state index < -0.39 is 24.1 Å². The van der Waals surface area contributed by atoms with Crippen molar-refractivity contribution in [2.45, 2.75) is 51.2 Å². The molecule has 6 nitrogen and oxygen atoms in total. The molecule has 1 fully saturated rings. The summed E-state index contributed by atoms with van der Waals surface area (Å²) in [7, 11) is 1.66. The van der Waals surface area contributed by atoms with Gasteiger partial charge in [0.05, 0.1) is 6.10 Å². The fourth-order valence-electron chi connectivity index (χ4n) is 2.47. The molecule has 3 N–H and O–H groups in total. The van der Waals surface area contributed by atoms with Crippen LogP contribution in [0.15, 0.2) is 0 Å². The molecule has 1 rings (SSSR count). The van der Waals surface area contributed by atoms with Gasteiger partial charge in [-0.05, 0) is 25.7 Å². The Hall–Kier alpha value is -1.30. The van der Waals surface area contributed by atoms with Gasteiger partial charge < -0.3 is 20.4 Å². The standard InChI is InChI=1S/C13H24N2O4/c1-9(16)11(12(17)18)14-13(19)15(2)8-10-6-4-3-5-7-10/h9-11,16H,3-8H2,1-2H3,(H,14,19)(H,17,18)/t9-,11+/m1/s1. The van der Waals surface area contributed by atoms with Crippen molar-refractivity contribution >= 4 is 12.0 Å². The predicted octanol–water partition coefficient (Wildman–Crippen LogP) is 1.04. The highest BCUT2D eigenvalue weighted by Crippen LogP contribution is 2.24. The molecule has 0 aromatic heterocycles. The number of aliphatic carboxylic acids is 1. The van der Waals surface area contributed by atoms with Gasteiger partial charge in [0.25, 0.3) is 0 Å². The van der Waals surface area contributed by atoms with Crippen molar-refractivity contribution in [1.29, 1.82) is 0 Å². The number of rotatable bonds is 5. The lowest BCUT2D eigenvalue weighted by Crippen LogP contribution is -2.52. The van der Waals surface area contributed by atoms with Gasteiger partial charge in [0, 0.05) is 13.6 Å². The van der Waals surface area contributed by atoms with Gasteiger partial charge in [0.1, 0.15) is 0 Å². The zero-order chi connectivity index (χ0) is 14.4. The number of aliphatic hydroxyl groups excluding tert-OH is 1. The second kappa shape index (κ2) is 7.33. The number of aliphatic hydroxyl groups is 1. The molecule has 0 saturated heterocycles. The van der Waals surface area contributed by atoms with Crippen molar-refractivity contribution in [3.8, 4) is 0 Å². The van der Waals surface area contributed by atoms with E-state index in [1.54, 1.807) is 7.05 Å². The van der Waals surface area contributed by atoms with Gasteiger partial charge in [0.15, 0.2) is 6.04 Å². The monoisotopic (exact) mass is 272 g/mol. The Morgan fingerprint density at radius 1 is 1.32 bits per heavy atom. The first kappa shape index (κ1) is 15.8. The summed E-state index contributed by atoms with van der Waals surface area (Å²) in [6.45, 7) is 1.98. The van der Waals surface area contributed by atoms with Gasteiger partial charge in [-0.25, -0.2) is 9.59 Å². The molecule has 0 spiro atoms. The van der Waals surface area contributed by atoms with Crippen molar-refractivity contribution in [2.75, 3.05) is 13.6 Å². The number of carboxylic acids is 1. The van der Waals surface area contributed by atoms with E-state index >= 15 is 0 Å². The second-order valence-corrected chi connectivity index (χ2v) is 5.39. The summed E-state index contributed by atoms with van der Waals surface area (Å²) in [6, 6.07) is -1.71. The lowest BCUT2D eigenvalue weighted by molar-refractivity contribution is -0.141. The van der Waals surface area contributed by atoms with Gasteiger partial charge in [0.2, 0.25) is 0 Å². The molecule has 0 bridgehead atoms. The van der Waals surface area contributed by atoms with Gasteiger partial charge in [-0.15, -0.1) is 0 Å². The fraction of sp³-hybridized carbons (Fsp3) is 0.846. The molecule has 2 atom stereocenters. The molecular formula is C13H24N2O4. The van der Waals surface area contributed by atoms with Gasteiger partial charge in [-0.2, -0.15) is 0 Å². The van der Waals surface area contributed by atoms with Crippen LogP contribution in [0.1, 0.15) is 39.0 Å². The Morgan fingerprint density at radius 2 is 1.89 bits per heavy atom. The van der Waals surface area contributed by atoms with Crippen LogP contribution >= 0.6 is 0 Å². The summed E-state index contributed by atoms with van der Waals surface area (Å²) in [4.78, 5) is 24.3. The Bertz CT molecular complexity index is 314. The molecule has 0 aromatic carbocycles. The first-order valence-electron chi connectivity index (χ1n) is 6.84. The number of carbonyl (C=O) groups is 2. The lowest BCUT2D eigenvalue weighted by Gasteiger charge is -2.28. The average Bonchev–Trinajstić information content (AvgIpc) is 2.35. The topological polar surface area (TPSA) is 89.9 Å². The third-order valence-electron chi connectivity index (χ3n) is 3.63. The number of nitrogens with zero attached hydrogens (tertiary/aromatic N) is 1. The van der Waals surface area contributed by atoms with Crippen LogP contribution in [0.2, 0.25) is 0 Å².